The normalized spacial score (nSPS) is 21.1. The Morgan fingerprint density at radius 2 is 2.35 bits per heavy atom. The maximum absolute atomic E-state index is 13.8. The van der Waals surface area contributed by atoms with Crippen LogP contribution in [0, 0.1) is 6.92 Å². The number of aryl methyl sites for hydroxylation is 1. The van der Waals surface area contributed by atoms with Gasteiger partial charge in [0.1, 0.15) is 17.7 Å². The van der Waals surface area contributed by atoms with E-state index < -0.39 is 12.1 Å². The number of nitrogens with zero attached hydrogens (tertiary/aromatic N) is 1. The molecule has 3 rings (SSSR count). The molecule has 0 radical (unpaired) electrons. The summed E-state index contributed by atoms with van der Waals surface area (Å²) < 4.78 is 18.9. The lowest BCUT2D eigenvalue weighted by molar-refractivity contribution is 0.0285. The Balaban J connectivity index is 1.85. The van der Waals surface area contributed by atoms with Crippen molar-refractivity contribution in [3.05, 3.63) is 35.8 Å². The highest BCUT2D eigenvalue weighted by Gasteiger charge is 2.25. The van der Waals surface area contributed by atoms with Crippen molar-refractivity contribution in [1.29, 1.82) is 0 Å². The number of aromatic amines is 1. The molecule has 0 amide bonds. The van der Waals surface area contributed by atoms with E-state index in [4.69, 9.17) is 9.84 Å². The zero-order valence-corrected chi connectivity index (χ0v) is 12.7. The van der Waals surface area contributed by atoms with Gasteiger partial charge in [-0.25, -0.2) is 14.2 Å². The van der Waals surface area contributed by atoms with Crippen LogP contribution >= 0.6 is 0 Å². The molecule has 1 aliphatic rings. The fraction of sp³-hybridized carbons (Fsp3) is 0.375. The van der Waals surface area contributed by atoms with Crippen molar-refractivity contribution >= 4 is 11.8 Å². The molecular formula is C16H18FN3O3. The topological polar surface area (TPSA) is 87.2 Å². The summed E-state index contributed by atoms with van der Waals surface area (Å²) in [6.45, 7) is 2.51. The van der Waals surface area contributed by atoms with Crippen LogP contribution in [0.1, 0.15) is 22.5 Å². The van der Waals surface area contributed by atoms with Crippen LogP contribution in [0.5, 0.6) is 0 Å². The Morgan fingerprint density at radius 3 is 3.04 bits per heavy atom. The molecule has 0 unspecified atom stereocenters. The Morgan fingerprint density at radius 1 is 1.52 bits per heavy atom. The first-order valence-electron chi connectivity index (χ1n) is 7.41. The second kappa shape index (κ2) is 6.37. The third-order valence-electron chi connectivity index (χ3n) is 3.95. The van der Waals surface area contributed by atoms with Crippen molar-refractivity contribution in [1.82, 2.24) is 9.97 Å². The van der Waals surface area contributed by atoms with Crippen LogP contribution < -0.4 is 5.32 Å². The van der Waals surface area contributed by atoms with Crippen LogP contribution in [0.15, 0.2) is 24.5 Å². The van der Waals surface area contributed by atoms with Crippen LogP contribution in [0.3, 0.4) is 0 Å². The number of hydrogen-bond donors (Lipinski definition) is 3. The minimum Gasteiger partial charge on any atom is -0.477 e. The Kier molecular flexibility index (Phi) is 4.29. The molecule has 0 bridgehead atoms. The van der Waals surface area contributed by atoms with E-state index in [1.165, 1.54) is 0 Å². The van der Waals surface area contributed by atoms with Gasteiger partial charge in [0.15, 0.2) is 0 Å². The number of ether oxygens (including phenoxy) is 1. The molecular weight excluding hydrogens is 301 g/mol. The number of pyridine rings is 1. The van der Waals surface area contributed by atoms with Crippen LogP contribution in [-0.2, 0) is 4.74 Å². The second-order valence-electron chi connectivity index (χ2n) is 5.62. The molecule has 0 aliphatic carbocycles. The van der Waals surface area contributed by atoms with Gasteiger partial charge in [0, 0.05) is 24.6 Å². The molecule has 2 aromatic rings. The van der Waals surface area contributed by atoms with E-state index in [2.05, 4.69) is 15.3 Å². The maximum atomic E-state index is 13.8. The summed E-state index contributed by atoms with van der Waals surface area (Å²) in [6, 6.07) is 3.06. The molecule has 23 heavy (non-hydrogen) atoms. The smallest absolute Gasteiger partial charge is 0.352 e. The number of carboxylic acids is 1. The van der Waals surface area contributed by atoms with Crippen molar-refractivity contribution in [2.75, 3.05) is 18.5 Å². The Bertz CT molecular complexity index is 716. The molecule has 1 aliphatic heterocycles. The van der Waals surface area contributed by atoms with Gasteiger partial charge in [-0.3, -0.25) is 0 Å². The number of halogens is 1. The van der Waals surface area contributed by atoms with Gasteiger partial charge in [-0.15, -0.1) is 0 Å². The van der Waals surface area contributed by atoms with Crippen molar-refractivity contribution < 1.29 is 19.0 Å². The monoisotopic (exact) mass is 319 g/mol. The molecule has 0 spiro atoms. The number of aromatic nitrogens is 2. The number of anilines is 1. The number of H-pyrrole nitrogens is 1. The SMILES string of the molecule is Cc1cnc(N[C@@H]2CCOC[C@@H]2F)cc1-c1c[nH]c(C(=O)O)c1. The van der Waals surface area contributed by atoms with E-state index >= 15 is 0 Å². The maximum Gasteiger partial charge on any atom is 0.352 e. The van der Waals surface area contributed by atoms with E-state index in [1.807, 2.05) is 13.0 Å². The van der Waals surface area contributed by atoms with E-state index in [1.54, 1.807) is 18.5 Å². The van der Waals surface area contributed by atoms with Gasteiger partial charge in [0.05, 0.1) is 12.6 Å². The summed E-state index contributed by atoms with van der Waals surface area (Å²) in [5.74, 6) is -0.443. The molecule has 2 atom stereocenters. The minimum absolute atomic E-state index is 0.0934. The summed E-state index contributed by atoms with van der Waals surface area (Å²) in [6.07, 6.45) is 2.85. The van der Waals surface area contributed by atoms with E-state index in [0.29, 0.717) is 18.8 Å². The predicted molar refractivity (Wildman–Crippen MR) is 83.5 cm³/mol. The third-order valence-corrected chi connectivity index (χ3v) is 3.95. The molecule has 1 fully saturated rings. The molecule has 122 valence electrons. The number of alkyl halides is 1. The van der Waals surface area contributed by atoms with Crippen LogP contribution in [0.25, 0.3) is 11.1 Å². The van der Waals surface area contributed by atoms with Gasteiger partial charge in [-0.1, -0.05) is 0 Å². The third kappa shape index (κ3) is 3.34. The zero-order valence-electron chi connectivity index (χ0n) is 12.7. The average molecular weight is 319 g/mol. The largest absolute Gasteiger partial charge is 0.477 e. The van der Waals surface area contributed by atoms with Crippen LogP contribution in [0.4, 0.5) is 10.2 Å². The molecule has 0 aromatic carbocycles. The van der Waals surface area contributed by atoms with Gasteiger partial charge >= 0.3 is 5.97 Å². The van der Waals surface area contributed by atoms with E-state index in [0.717, 1.165) is 16.7 Å². The highest BCUT2D eigenvalue weighted by atomic mass is 19.1. The van der Waals surface area contributed by atoms with Crippen LogP contribution in [-0.4, -0.2) is 46.5 Å². The summed E-state index contributed by atoms with van der Waals surface area (Å²) in [4.78, 5) is 18.0. The molecule has 2 aromatic heterocycles. The highest BCUT2D eigenvalue weighted by Crippen LogP contribution is 2.27. The lowest BCUT2D eigenvalue weighted by atomic mass is 10.0. The molecule has 1 saturated heterocycles. The lowest BCUT2D eigenvalue weighted by Crippen LogP contribution is -2.39. The highest BCUT2D eigenvalue weighted by molar-refractivity contribution is 5.88. The van der Waals surface area contributed by atoms with Gasteiger partial charge in [0.2, 0.25) is 0 Å². The standard InChI is InChI=1S/C16H18FN3O3/c1-9-6-19-15(20-13-2-3-23-8-12(13)17)5-11(9)10-4-14(16(21)22)18-7-10/h4-7,12-13,18H,2-3,8H2,1H3,(H,19,20)(H,21,22)/t12-,13+/m0/s1. The number of carbonyl (C=O) groups is 1. The van der Waals surface area contributed by atoms with Gasteiger partial charge in [0.25, 0.3) is 0 Å². The predicted octanol–water partition coefficient (Wildman–Crippen LogP) is 2.62. The van der Waals surface area contributed by atoms with Gasteiger partial charge < -0.3 is 20.1 Å². The molecule has 6 nitrogen and oxygen atoms in total. The summed E-state index contributed by atoms with van der Waals surface area (Å²) in [5, 5.41) is 12.1. The second-order valence-corrected chi connectivity index (χ2v) is 5.62. The zero-order chi connectivity index (χ0) is 16.4. The van der Waals surface area contributed by atoms with Crippen LogP contribution in [0.2, 0.25) is 0 Å². The molecule has 3 N–H and O–H groups in total. The summed E-state index contributed by atoms with van der Waals surface area (Å²) in [7, 11) is 0. The van der Waals surface area contributed by atoms with Gasteiger partial charge in [-0.2, -0.15) is 0 Å². The first kappa shape index (κ1) is 15.5. The number of rotatable bonds is 4. The minimum atomic E-state index is -1.07. The van der Waals surface area contributed by atoms with Crippen molar-refractivity contribution in [3.63, 3.8) is 0 Å². The fourth-order valence-corrected chi connectivity index (χ4v) is 2.64. The summed E-state index contributed by atoms with van der Waals surface area (Å²) >= 11 is 0. The quantitative estimate of drug-likeness (QED) is 0.806. The Labute approximate surface area is 132 Å². The number of aromatic carboxylic acids is 1. The fourth-order valence-electron chi connectivity index (χ4n) is 2.64. The first-order valence-corrected chi connectivity index (χ1v) is 7.41. The van der Waals surface area contributed by atoms with Gasteiger partial charge in [-0.05, 0) is 36.6 Å². The van der Waals surface area contributed by atoms with E-state index in [9.17, 15) is 9.18 Å². The van der Waals surface area contributed by atoms with Crippen molar-refractivity contribution in [3.8, 4) is 11.1 Å². The number of hydrogen-bond acceptors (Lipinski definition) is 4. The van der Waals surface area contributed by atoms with Crippen molar-refractivity contribution in [2.24, 2.45) is 0 Å². The lowest BCUT2D eigenvalue weighted by Gasteiger charge is -2.27. The first-order chi connectivity index (χ1) is 11.0. The average Bonchev–Trinajstić information content (AvgIpc) is 3.01. The number of carboxylic acid groups (broad SMARTS) is 1. The van der Waals surface area contributed by atoms with Crippen molar-refractivity contribution in [2.45, 2.75) is 25.6 Å². The summed E-state index contributed by atoms with van der Waals surface area (Å²) in [5.41, 5.74) is 2.65. The Hall–Kier alpha value is -2.41. The molecule has 7 heteroatoms. The molecule has 0 saturated carbocycles. The molecule has 3 heterocycles. The van der Waals surface area contributed by atoms with E-state index in [-0.39, 0.29) is 18.3 Å². The number of nitrogens with one attached hydrogen (secondary N) is 2.